The van der Waals surface area contributed by atoms with Gasteiger partial charge in [-0.1, -0.05) is 30.3 Å². The highest BCUT2D eigenvalue weighted by atomic mass is 16.5. The lowest BCUT2D eigenvalue weighted by atomic mass is 10.1. The number of hydrogen-bond acceptors (Lipinski definition) is 4. The van der Waals surface area contributed by atoms with E-state index in [2.05, 4.69) is 4.98 Å². The van der Waals surface area contributed by atoms with Crippen molar-refractivity contribution < 1.29 is 19.4 Å². The number of benzene rings is 1. The van der Waals surface area contributed by atoms with Crippen molar-refractivity contribution in [2.24, 2.45) is 0 Å². The first-order valence-corrected chi connectivity index (χ1v) is 6.77. The second kappa shape index (κ2) is 5.93. The van der Waals surface area contributed by atoms with E-state index in [9.17, 15) is 9.90 Å². The van der Waals surface area contributed by atoms with E-state index >= 15 is 0 Å². The number of pyridine rings is 1. The van der Waals surface area contributed by atoms with Crippen LogP contribution in [0.1, 0.15) is 16.9 Å². The number of aromatic carboxylic acids is 1. The summed E-state index contributed by atoms with van der Waals surface area (Å²) in [5, 5.41) is 9.20. The predicted molar refractivity (Wildman–Crippen MR) is 76.5 cm³/mol. The molecule has 1 aliphatic heterocycles. The summed E-state index contributed by atoms with van der Waals surface area (Å²) in [6.45, 7) is 1.21. The van der Waals surface area contributed by atoms with Gasteiger partial charge in [0.25, 0.3) is 0 Å². The van der Waals surface area contributed by atoms with Crippen LogP contribution >= 0.6 is 0 Å². The molecule has 21 heavy (non-hydrogen) atoms. The summed E-state index contributed by atoms with van der Waals surface area (Å²) in [5.74, 6) is -0.558. The van der Waals surface area contributed by atoms with Gasteiger partial charge in [0.15, 0.2) is 5.69 Å². The molecule has 108 valence electrons. The molecule has 1 aliphatic rings. The van der Waals surface area contributed by atoms with Crippen LogP contribution in [0.2, 0.25) is 0 Å². The van der Waals surface area contributed by atoms with Gasteiger partial charge in [-0.2, -0.15) is 0 Å². The molecule has 0 radical (unpaired) electrons. The van der Waals surface area contributed by atoms with Crippen molar-refractivity contribution >= 4 is 5.97 Å². The number of ether oxygens (including phenoxy) is 2. The zero-order valence-corrected chi connectivity index (χ0v) is 11.4. The third-order valence-corrected chi connectivity index (χ3v) is 3.28. The van der Waals surface area contributed by atoms with Crippen molar-refractivity contribution in [3.8, 4) is 17.0 Å². The predicted octanol–water partition coefficient (Wildman–Crippen LogP) is 2.61. The van der Waals surface area contributed by atoms with Gasteiger partial charge in [0.2, 0.25) is 0 Å². The summed E-state index contributed by atoms with van der Waals surface area (Å²) in [6.07, 6.45) is 0.781. The van der Waals surface area contributed by atoms with Crippen LogP contribution in [-0.4, -0.2) is 35.4 Å². The summed E-state index contributed by atoms with van der Waals surface area (Å²) in [7, 11) is 0. The number of carboxylic acid groups (broad SMARTS) is 1. The average Bonchev–Trinajstić information content (AvgIpc) is 3.01. The maximum atomic E-state index is 11.2. The molecule has 1 atom stereocenters. The monoisotopic (exact) mass is 285 g/mol. The number of hydrogen-bond donors (Lipinski definition) is 1. The van der Waals surface area contributed by atoms with E-state index in [1.54, 1.807) is 6.07 Å². The normalized spacial score (nSPS) is 17.6. The van der Waals surface area contributed by atoms with Crippen LogP contribution in [0, 0.1) is 0 Å². The van der Waals surface area contributed by atoms with E-state index in [4.69, 9.17) is 9.47 Å². The van der Waals surface area contributed by atoms with Crippen molar-refractivity contribution in [3.05, 3.63) is 48.2 Å². The Hall–Kier alpha value is -2.40. The van der Waals surface area contributed by atoms with E-state index in [1.807, 2.05) is 30.3 Å². The van der Waals surface area contributed by atoms with E-state index < -0.39 is 5.97 Å². The molecule has 2 heterocycles. The molecule has 1 aromatic heterocycles. The molecule has 0 bridgehead atoms. The lowest BCUT2D eigenvalue weighted by molar-refractivity contribution is 0.0689. The first-order chi connectivity index (χ1) is 10.2. The van der Waals surface area contributed by atoms with E-state index in [0.29, 0.717) is 24.7 Å². The van der Waals surface area contributed by atoms with Gasteiger partial charge in [0, 0.05) is 24.1 Å². The zero-order valence-electron chi connectivity index (χ0n) is 11.4. The summed E-state index contributed by atoms with van der Waals surface area (Å²) < 4.78 is 11.1. The molecule has 5 heteroatoms. The van der Waals surface area contributed by atoms with Crippen LogP contribution in [0.3, 0.4) is 0 Å². The quantitative estimate of drug-likeness (QED) is 0.935. The molecule has 0 aliphatic carbocycles. The minimum Gasteiger partial charge on any atom is -0.488 e. The smallest absolute Gasteiger partial charge is 0.354 e. The van der Waals surface area contributed by atoms with E-state index in [1.165, 1.54) is 6.07 Å². The Morgan fingerprint density at radius 3 is 2.76 bits per heavy atom. The van der Waals surface area contributed by atoms with Crippen LogP contribution in [0.5, 0.6) is 5.75 Å². The summed E-state index contributed by atoms with van der Waals surface area (Å²) >= 11 is 0. The molecular formula is C16H15NO4. The molecular weight excluding hydrogens is 270 g/mol. The number of rotatable bonds is 4. The highest BCUT2D eigenvalue weighted by Crippen LogP contribution is 2.25. The van der Waals surface area contributed by atoms with Gasteiger partial charge >= 0.3 is 5.97 Å². The molecule has 3 rings (SSSR count). The van der Waals surface area contributed by atoms with Crippen LogP contribution in [0.4, 0.5) is 0 Å². The minimum absolute atomic E-state index is 0.0229. The van der Waals surface area contributed by atoms with Gasteiger partial charge in [-0.05, 0) is 0 Å². The summed E-state index contributed by atoms with van der Waals surface area (Å²) in [5.41, 5.74) is 1.42. The molecule has 1 fully saturated rings. The molecule has 1 saturated heterocycles. The van der Waals surface area contributed by atoms with Gasteiger partial charge in [0.05, 0.1) is 18.9 Å². The van der Waals surface area contributed by atoms with Crippen LogP contribution < -0.4 is 4.74 Å². The van der Waals surface area contributed by atoms with Crippen LogP contribution in [0.15, 0.2) is 42.5 Å². The number of carbonyl (C=O) groups is 1. The molecule has 0 amide bonds. The summed E-state index contributed by atoms with van der Waals surface area (Å²) in [4.78, 5) is 15.4. The van der Waals surface area contributed by atoms with Crippen molar-refractivity contribution in [2.75, 3.05) is 13.2 Å². The highest BCUT2D eigenvalue weighted by Gasteiger charge is 2.19. The van der Waals surface area contributed by atoms with Crippen molar-refractivity contribution in [3.63, 3.8) is 0 Å². The fourth-order valence-corrected chi connectivity index (χ4v) is 2.24. The highest BCUT2D eigenvalue weighted by molar-refractivity contribution is 5.86. The Balaban J connectivity index is 1.95. The topological polar surface area (TPSA) is 68.7 Å². The lowest BCUT2D eigenvalue weighted by Gasteiger charge is -2.13. The first-order valence-electron chi connectivity index (χ1n) is 6.77. The second-order valence-electron chi connectivity index (χ2n) is 4.85. The first kappa shape index (κ1) is 13.6. The van der Waals surface area contributed by atoms with Gasteiger partial charge in [-0.25, -0.2) is 9.78 Å². The minimum atomic E-state index is -1.07. The maximum Gasteiger partial charge on any atom is 0.354 e. The zero-order chi connectivity index (χ0) is 14.7. The molecule has 0 saturated carbocycles. The van der Waals surface area contributed by atoms with E-state index in [-0.39, 0.29) is 11.8 Å². The van der Waals surface area contributed by atoms with Crippen molar-refractivity contribution in [1.29, 1.82) is 0 Å². The number of nitrogens with zero attached hydrogens (tertiary/aromatic N) is 1. The molecule has 5 nitrogen and oxygen atoms in total. The maximum absolute atomic E-state index is 11.2. The third-order valence-electron chi connectivity index (χ3n) is 3.28. The number of aromatic nitrogens is 1. The van der Waals surface area contributed by atoms with Gasteiger partial charge in [-0.3, -0.25) is 0 Å². The Morgan fingerprint density at radius 1 is 1.29 bits per heavy atom. The van der Waals surface area contributed by atoms with Gasteiger partial charge in [0.1, 0.15) is 11.9 Å². The Kier molecular flexibility index (Phi) is 3.83. The lowest BCUT2D eigenvalue weighted by Crippen LogP contribution is -2.16. The molecule has 1 aromatic carbocycles. The molecule has 1 unspecified atom stereocenters. The Labute approximate surface area is 122 Å². The third kappa shape index (κ3) is 3.20. The van der Waals surface area contributed by atoms with Gasteiger partial charge in [-0.15, -0.1) is 0 Å². The Bertz CT molecular complexity index is 636. The fourth-order valence-electron chi connectivity index (χ4n) is 2.24. The Morgan fingerprint density at radius 2 is 2.10 bits per heavy atom. The molecule has 1 N–H and O–H groups in total. The summed E-state index contributed by atoms with van der Waals surface area (Å²) in [6, 6.07) is 12.7. The van der Waals surface area contributed by atoms with E-state index in [0.717, 1.165) is 12.0 Å². The van der Waals surface area contributed by atoms with Crippen molar-refractivity contribution in [2.45, 2.75) is 12.5 Å². The fraction of sp³-hybridized carbons (Fsp3) is 0.250. The van der Waals surface area contributed by atoms with Crippen molar-refractivity contribution in [1.82, 2.24) is 4.98 Å². The largest absolute Gasteiger partial charge is 0.488 e. The van der Waals surface area contributed by atoms with Crippen LogP contribution in [-0.2, 0) is 4.74 Å². The number of carboxylic acids is 1. The second-order valence-corrected chi connectivity index (χ2v) is 4.85. The standard InChI is InChI=1S/C16H15NO4/c18-16(19)15-9-13(21-12-6-7-20-10-12)8-14(17-15)11-4-2-1-3-5-11/h1-5,8-9,12H,6-7,10H2,(H,18,19). The van der Waals surface area contributed by atoms with Crippen LogP contribution in [0.25, 0.3) is 11.3 Å². The van der Waals surface area contributed by atoms with Gasteiger partial charge < -0.3 is 14.6 Å². The average molecular weight is 285 g/mol. The molecule has 2 aromatic rings. The SMILES string of the molecule is O=C(O)c1cc(OC2CCOC2)cc(-c2ccccc2)n1. The molecule has 0 spiro atoms.